The lowest BCUT2D eigenvalue weighted by atomic mass is 10.1. The van der Waals surface area contributed by atoms with Gasteiger partial charge in [-0.2, -0.15) is 0 Å². The van der Waals surface area contributed by atoms with E-state index < -0.39 is 0 Å². The molecule has 3 N–H and O–H groups in total. The standard InChI is InChI=1S/C20H24N2O2/c23-14-18(11-15-7-3-1-4-8-15)22-20(24)21-13-17-12-19(17)16-9-5-2-6-10-16/h1-10,17-19,23H,11-14H2,(H2,21,22,24). The van der Waals surface area contributed by atoms with Gasteiger partial charge in [0.25, 0.3) is 0 Å². The van der Waals surface area contributed by atoms with Crippen LogP contribution in [0.1, 0.15) is 23.5 Å². The van der Waals surface area contributed by atoms with Gasteiger partial charge in [0.05, 0.1) is 12.6 Å². The summed E-state index contributed by atoms with van der Waals surface area (Å²) in [5, 5.41) is 15.3. The molecule has 0 heterocycles. The fourth-order valence-corrected chi connectivity index (χ4v) is 3.10. The first-order valence-corrected chi connectivity index (χ1v) is 8.50. The van der Waals surface area contributed by atoms with E-state index in [9.17, 15) is 9.90 Å². The number of nitrogens with one attached hydrogen (secondary N) is 2. The minimum atomic E-state index is -0.267. The van der Waals surface area contributed by atoms with Crippen molar-refractivity contribution in [3.05, 3.63) is 71.8 Å². The molecule has 126 valence electrons. The predicted molar refractivity (Wildman–Crippen MR) is 94.8 cm³/mol. The van der Waals surface area contributed by atoms with Crippen LogP contribution in [0.3, 0.4) is 0 Å². The smallest absolute Gasteiger partial charge is 0.315 e. The lowest BCUT2D eigenvalue weighted by Crippen LogP contribution is -2.45. The van der Waals surface area contributed by atoms with Crippen LogP contribution in [0.4, 0.5) is 4.79 Å². The van der Waals surface area contributed by atoms with Gasteiger partial charge in [-0.05, 0) is 35.8 Å². The van der Waals surface area contributed by atoms with Gasteiger partial charge in [0, 0.05) is 6.54 Å². The Morgan fingerprint density at radius 3 is 2.42 bits per heavy atom. The zero-order valence-electron chi connectivity index (χ0n) is 13.7. The van der Waals surface area contributed by atoms with Gasteiger partial charge in [-0.25, -0.2) is 4.79 Å². The number of rotatable bonds is 7. The van der Waals surface area contributed by atoms with Crippen molar-refractivity contribution in [2.24, 2.45) is 5.92 Å². The van der Waals surface area contributed by atoms with Gasteiger partial charge in [0.2, 0.25) is 0 Å². The monoisotopic (exact) mass is 324 g/mol. The van der Waals surface area contributed by atoms with Crippen molar-refractivity contribution in [1.82, 2.24) is 10.6 Å². The van der Waals surface area contributed by atoms with Crippen LogP contribution in [0.5, 0.6) is 0 Å². The van der Waals surface area contributed by atoms with E-state index in [1.807, 2.05) is 36.4 Å². The number of aliphatic hydroxyl groups is 1. The first-order valence-electron chi connectivity index (χ1n) is 8.50. The number of amides is 2. The summed E-state index contributed by atoms with van der Waals surface area (Å²) in [5.74, 6) is 1.07. The van der Waals surface area contributed by atoms with Gasteiger partial charge >= 0.3 is 6.03 Å². The Labute approximate surface area is 142 Å². The second-order valence-electron chi connectivity index (χ2n) is 6.44. The fraction of sp³-hybridized carbons (Fsp3) is 0.350. The van der Waals surface area contributed by atoms with Crippen molar-refractivity contribution in [2.45, 2.75) is 24.8 Å². The molecule has 1 saturated carbocycles. The van der Waals surface area contributed by atoms with Crippen LogP contribution in [-0.2, 0) is 6.42 Å². The lowest BCUT2D eigenvalue weighted by Gasteiger charge is -2.17. The summed E-state index contributed by atoms with van der Waals surface area (Å²) in [6.07, 6.45) is 1.75. The maximum atomic E-state index is 12.0. The number of carbonyl (C=O) groups is 1. The van der Waals surface area contributed by atoms with E-state index in [1.54, 1.807) is 0 Å². The number of benzene rings is 2. The summed E-state index contributed by atoms with van der Waals surface area (Å²) in [7, 11) is 0. The first-order chi connectivity index (χ1) is 11.8. The highest BCUT2D eigenvalue weighted by molar-refractivity contribution is 5.74. The van der Waals surface area contributed by atoms with E-state index in [1.165, 1.54) is 5.56 Å². The molecule has 4 nitrogen and oxygen atoms in total. The number of urea groups is 1. The molecule has 2 amide bonds. The van der Waals surface area contributed by atoms with Crippen LogP contribution in [0.2, 0.25) is 0 Å². The Kier molecular flexibility index (Phi) is 5.49. The number of aliphatic hydroxyl groups excluding tert-OH is 1. The molecule has 3 rings (SSSR count). The Morgan fingerprint density at radius 1 is 1.08 bits per heavy atom. The van der Waals surface area contributed by atoms with E-state index in [0.29, 0.717) is 24.8 Å². The largest absolute Gasteiger partial charge is 0.394 e. The molecule has 3 atom stereocenters. The summed E-state index contributed by atoms with van der Waals surface area (Å²) >= 11 is 0. The zero-order valence-corrected chi connectivity index (χ0v) is 13.7. The summed E-state index contributed by atoms with van der Waals surface area (Å²) < 4.78 is 0. The lowest BCUT2D eigenvalue weighted by molar-refractivity contribution is 0.215. The third kappa shape index (κ3) is 4.59. The van der Waals surface area contributed by atoms with Gasteiger partial charge in [-0.1, -0.05) is 60.7 Å². The van der Waals surface area contributed by atoms with Gasteiger partial charge in [-0.3, -0.25) is 0 Å². The van der Waals surface area contributed by atoms with Gasteiger partial charge in [-0.15, -0.1) is 0 Å². The highest BCUT2D eigenvalue weighted by Crippen LogP contribution is 2.46. The Morgan fingerprint density at radius 2 is 1.75 bits per heavy atom. The van der Waals surface area contributed by atoms with Gasteiger partial charge in [0.15, 0.2) is 0 Å². The first kappa shape index (κ1) is 16.5. The molecule has 1 fully saturated rings. The maximum absolute atomic E-state index is 12.0. The van der Waals surface area contributed by atoms with E-state index >= 15 is 0 Å². The maximum Gasteiger partial charge on any atom is 0.315 e. The van der Waals surface area contributed by atoms with E-state index in [2.05, 4.69) is 34.9 Å². The molecule has 3 unspecified atom stereocenters. The van der Waals surface area contributed by atoms with Crippen LogP contribution in [-0.4, -0.2) is 30.3 Å². The summed E-state index contributed by atoms with van der Waals surface area (Å²) in [5.41, 5.74) is 2.45. The van der Waals surface area contributed by atoms with Crippen LogP contribution < -0.4 is 10.6 Å². The summed E-state index contributed by atoms with van der Waals surface area (Å²) in [6, 6.07) is 19.8. The molecule has 4 heteroatoms. The molecule has 1 aliphatic rings. The summed E-state index contributed by atoms with van der Waals surface area (Å²) in [4.78, 5) is 12.0. The number of hydrogen-bond donors (Lipinski definition) is 3. The van der Waals surface area contributed by atoms with Crippen molar-refractivity contribution in [3.63, 3.8) is 0 Å². The van der Waals surface area contributed by atoms with Crippen molar-refractivity contribution in [2.75, 3.05) is 13.2 Å². The van der Waals surface area contributed by atoms with E-state index in [0.717, 1.165) is 12.0 Å². The topological polar surface area (TPSA) is 61.4 Å². The molecule has 2 aromatic rings. The average Bonchev–Trinajstić information content (AvgIpc) is 3.41. The van der Waals surface area contributed by atoms with Gasteiger partial charge < -0.3 is 15.7 Å². The van der Waals surface area contributed by atoms with E-state index in [-0.39, 0.29) is 18.7 Å². The predicted octanol–water partition coefficient (Wildman–Crippen LogP) is 2.69. The molecule has 24 heavy (non-hydrogen) atoms. The van der Waals surface area contributed by atoms with Crippen molar-refractivity contribution in [3.8, 4) is 0 Å². The van der Waals surface area contributed by atoms with Crippen molar-refractivity contribution >= 4 is 6.03 Å². The third-order valence-electron chi connectivity index (χ3n) is 4.56. The molecule has 0 aliphatic heterocycles. The number of carbonyl (C=O) groups excluding carboxylic acids is 1. The van der Waals surface area contributed by atoms with Gasteiger partial charge in [0.1, 0.15) is 0 Å². The molecule has 0 radical (unpaired) electrons. The Balaban J connectivity index is 1.41. The van der Waals surface area contributed by atoms with Crippen LogP contribution in [0.15, 0.2) is 60.7 Å². The highest BCUT2D eigenvalue weighted by atomic mass is 16.3. The van der Waals surface area contributed by atoms with Crippen LogP contribution in [0.25, 0.3) is 0 Å². The molecule has 0 bridgehead atoms. The average molecular weight is 324 g/mol. The fourth-order valence-electron chi connectivity index (χ4n) is 3.10. The SMILES string of the molecule is O=C(NCC1CC1c1ccccc1)NC(CO)Cc1ccccc1. The van der Waals surface area contributed by atoms with Crippen LogP contribution in [0, 0.1) is 5.92 Å². The second-order valence-corrected chi connectivity index (χ2v) is 6.44. The molecule has 0 saturated heterocycles. The van der Waals surface area contributed by atoms with Crippen molar-refractivity contribution < 1.29 is 9.90 Å². The second kappa shape index (κ2) is 7.97. The van der Waals surface area contributed by atoms with E-state index in [4.69, 9.17) is 0 Å². The quantitative estimate of drug-likeness (QED) is 0.733. The normalized spacial score (nSPS) is 20.2. The third-order valence-corrected chi connectivity index (χ3v) is 4.56. The minimum Gasteiger partial charge on any atom is -0.394 e. The molecule has 0 spiro atoms. The molecular formula is C20H24N2O2. The molecule has 1 aliphatic carbocycles. The Hall–Kier alpha value is -2.33. The summed E-state index contributed by atoms with van der Waals surface area (Å²) in [6.45, 7) is 0.604. The van der Waals surface area contributed by atoms with Crippen LogP contribution >= 0.6 is 0 Å². The highest BCUT2D eigenvalue weighted by Gasteiger charge is 2.38. The molecular weight excluding hydrogens is 300 g/mol. The Bertz CT molecular complexity index is 645. The zero-order chi connectivity index (χ0) is 16.8. The minimum absolute atomic E-state index is 0.0710. The number of hydrogen-bond acceptors (Lipinski definition) is 2. The molecule has 0 aromatic heterocycles. The molecule has 2 aromatic carbocycles. The van der Waals surface area contributed by atoms with Crippen molar-refractivity contribution in [1.29, 1.82) is 0 Å².